The number of hydrogen-bond acceptors (Lipinski definition) is 3. The van der Waals surface area contributed by atoms with Gasteiger partial charge in [0.15, 0.2) is 5.78 Å². The number of rotatable bonds is 9. The largest absolute Gasteiger partial charge is 0.355 e. The van der Waals surface area contributed by atoms with Gasteiger partial charge in [0.25, 0.3) is 0 Å². The summed E-state index contributed by atoms with van der Waals surface area (Å²) >= 11 is 0. The van der Waals surface area contributed by atoms with Crippen LogP contribution in [-0.4, -0.2) is 31.3 Å². The molecule has 0 aromatic heterocycles. The van der Waals surface area contributed by atoms with E-state index in [1.807, 2.05) is 61.5 Å². The SMILES string of the molecule is CCNCCNC(=O)CCC(=O)c1ccc(-c2ccccc2)cc1. The Labute approximate surface area is 143 Å². The molecule has 2 N–H and O–H groups in total. The predicted molar refractivity (Wildman–Crippen MR) is 97.0 cm³/mol. The lowest BCUT2D eigenvalue weighted by atomic mass is 10.0. The number of nitrogens with one attached hydrogen (secondary N) is 2. The molecule has 0 fully saturated rings. The molecule has 2 aromatic carbocycles. The predicted octanol–water partition coefficient (Wildman–Crippen LogP) is 3.04. The van der Waals surface area contributed by atoms with Gasteiger partial charge in [-0.1, -0.05) is 61.5 Å². The number of hydrogen-bond donors (Lipinski definition) is 2. The van der Waals surface area contributed by atoms with E-state index >= 15 is 0 Å². The van der Waals surface area contributed by atoms with Crippen molar-refractivity contribution < 1.29 is 9.59 Å². The highest BCUT2D eigenvalue weighted by atomic mass is 16.2. The summed E-state index contributed by atoms with van der Waals surface area (Å²) in [6, 6.07) is 17.6. The van der Waals surface area contributed by atoms with Crippen LogP contribution in [0, 0.1) is 0 Å². The topological polar surface area (TPSA) is 58.2 Å². The third-order valence-electron chi connectivity index (χ3n) is 3.77. The molecule has 2 rings (SSSR count). The fourth-order valence-corrected chi connectivity index (χ4v) is 2.41. The van der Waals surface area contributed by atoms with E-state index in [1.54, 1.807) is 0 Å². The molecule has 0 bridgehead atoms. The minimum atomic E-state index is -0.0813. The molecular formula is C20H24N2O2. The van der Waals surface area contributed by atoms with Crippen molar-refractivity contribution in [1.29, 1.82) is 0 Å². The molecule has 126 valence electrons. The van der Waals surface area contributed by atoms with Gasteiger partial charge in [-0.3, -0.25) is 9.59 Å². The lowest BCUT2D eigenvalue weighted by molar-refractivity contribution is -0.121. The Morgan fingerprint density at radius 2 is 1.50 bits per heavy atom. The van der Waals surface area contributed by atoms with Gasteiger partial charge in [0.2, 0.25) is 5.91 Å². The Morgan fingerprint density at radius 1 is 0.833 bits per heavy atom. The first-order chi connectivity index (χ1) is 11.7. The van der Waals surface area contributed by atoms with Crippen LogP contribution in [0.15, 0.2) is 54.6 Å². The third-order valence-corrected chi connectivity index (χ3v) is 3.77. The van der Waals surface area contributed by atoms with Gasteiger partial charge >= 0.3 is 0 Å². The second-order valence-electron chi connectivity index (χ2n) is 5.57. The van der Waals surface area contributed by atoms with Crippen LogP contribution in [0.1, 0.15) is 30.1 Å². The smallest absolute Gasteiger partial charge is 0.220 e. The summed E-state index contributed by atoms with van der Waals surface area (Å²) in [4.78, 5) is 23.9. The van der Waals surface area contributed by atoms with Gasteiger partial charge in [-0.05, 0) is 17.7 Å². The van der Waals surface area contributed by atoms with Crippen molar-refractivity contribution in [2.24, 2.45) is 0 Å². The Hall–Kier alpha value is -2.46. The second kappa shape index (κ2) is 9.63. The molecule has 0 aliphatic heterocycles. The van der Waals surface area contributed by atoms with Gasteiger partial charge in [0.1, 0.15) is 0 Å². The van der Waals surface area contributed by atoms with Crippen molar-refractivity contribution in [3.05, 3.63) is 60.2 Å². The maximum Gasteiger partial charge on any atom is 0.220 e. The normalized spacial score (nSPS) is 10.4. The highest BCUT2D eigenvalue weighted by molar-refractivity contribution is 5.98. The zero-order valence-corrected chi connectivity index (χ0v) is 14.0. The lowest BCUT2D eigenvalue weighted by Gasteiger charge is -2.06. The summed E-state index contributed by atoms with van der Waals surface area (Å²) in [5.74, 6) is -0.0846. The maximum atomic E-state index is 12.2. The first kappa shape index (κ1) is 17.9. The molecule has 0 atom stereocenters. The zero-order chi connectivity index (χ0) is 17.2. The molecule has 2 aromatic rings. The molecule has 0 unspecified atom stereocenters. The van der Waals surface area contributed by atoms with E-state index in [2.05, 4.69) is 10.6 Å². The van der Waals surface area contributed by atoms with Crippen LogP contribution in [0.5, 0.6) is 0 Å². The molecule has 4 heteroatoms. The summed E-state index contributed by atoms with van der Waals surface area (Å²) < 4.78 is 0. The molecule has 0 saturated heterocycles. The van der Waals surface area contributed by atoms with Crippen LogP contribution in [0.2, 0.25) is 0 Å². The zero-order valence-electron chi connectivity index (χ0n) is 14.0. The van der Waals surface area contributed by atoms with Gasteiger partial charge in [-0.15, -0.1) is 0 Å². The summed E-state index contributed by atoms with van der Waals surface area (Å²) in [5.41, 5.74) is 2.85. The van der Waals surface area contributed by atoms with Gasteiger partial charge in [-0.2, -0.15) is 0 Å². The minimum absolute atomic E-state index is 0.00329. The minimum Gasteiger partial charge on any atom is -0.355 e. The number of carbonyl (C=O) groups excluding carboxylic acids is 2. The van der Waals surface area contributed by atoms with Crippen molar-refractivity contribution in [3.63, 3.8) is 0 Å². The molecule has 0 aliphatic carbocycles. The van der Waals surface area contributed by atoms with Gasteiger partial charge in [0.05, 0.1) is 0 Å². The monoisotopic (exact) mass is 324 g/mol. The number of Topliss-reactive ketones (excluding diaryl/α,β-unsaturated/α-hetero) is 1. The van der Waals surface area contributed by atoms with Crippen LogP contribution in [0.25, 0.3) is 11.1 Å². The first-order valence-electron chi connectivity index (χ1n) is 8.37. The summed E-state index contributed by atoms with van der Waals surface area (Å²) in [7, 11) is 0. The van der Waals surface area contributed by atoms with Crippen LogP contribution < -0.4 is 10.6 Å². The van der Waals surface area contributed by atoms with Crippen molar-refractivity contribution in [2.75, 3.05) is 19.6 Å². The Balaban J connectivity index is 1.81. The number of benzene rings is 2. The molecule has 24 heavy (non-hydrogen) atoms. The molecule has 0 aliphatic rings. The molecule has 1 amide bonds. The molecular weight excluding hydrogens is 300 g/mol. The Bertz CT molecular complexity index is 651. The molecule has 0 saturated carbocycles. The van der Waals surface area contributed by atoms with E-state index in [9.17, 15) is 9.59 Å². The van der Waals surface area contributed by atoms with Crippen LogP contribution in [-0.2, 0) is 4.79 Å². The van der Waals surface area contributed by atoms with Crippen molar-refractivity contribution >= 4 is 11.7 Å². The van der Waals surface area contributed by atoms with Crippen LogP contribution in [0.4, 0.5) is 0 Å². The van der Waals surface area contributed by atoms with E-state index < -0.39 is 0 Å². The van der Waals surface area contributed by atoms with Crippen LogP contribution in [0.3, 0.4) is 0 Å². The van der Waals surface area contributed by atoms with Gasteiger partial charge < -0.3 is 10.6 Å². The van der Waals surface area contributed by atoms with Gasteiger partial charge in [0, 0.05) is 31.5 Å². The van der Waals surface area contributed by atoms with Crippen molar-refractivity contribution in [1.82, 2.24) is 10.6 Å². The molecule has 0 spiro atoms. The highest BCUT2D eigenvalue weighted by Gasteiger charge is 2.09. The number of carbonyl (C=O) groups is 2. The highest BCUT2D eigenvalue weighted by Crippen LogP contribution is 2.19. The van der Waals surface area contributed by atoms with E-state index in [0.717, 1.165) is 24.2 Å². The quantitative estimate of drug-likeness (QED) is 0.550. The molecule has 4 nitrogen and oxygen atoms in total. The lowest BCUT2D eigenvalue weighted by Crippen LogP contribution is -2.31. The fraction of sp³-hybridized carbons (Fsp3) is 0.300. The standard InChI is InChI=1S/C20H24N2O2/c1-2-21-14-15-22-20(24)13-12-19(23)18-10-8-17(9-11-18)16-6-4-3-5-7-16/h3-11,21H,2,12-15H2,1H3,(H,22,24). The van der Waals surface area contributed by atoms with E-state index in [4.69, 9.17) is 0 Å². The average molecular weight is 324 g/mol. The molecule has 0 heterocycles. The Morgan fingerprint density at radius 3 is 2.17 bits per heavy atom. The van der Waals surface area contributed by atoms with Gasteiger partial charge in [-0.25, -0.2) is 0 Å². The summed E-state index contributed by atoms with van der Waals surface area (Å²) in [6.07, 6.45) is 0.461. The third kappa shape index (κ3) is 5.63. The summed E-state index contributed by atoms with van der Waals surface area (Å²) in [5, 5.41) is 5.93. The Kier molecular flexibility index (Phi) is 7.18. The number of likely N-dealkylation sites (N-methyl/N-ethyl adjacent to an activating group) is 1. The van der Waals surface area contributed by atoms with Crippen molar-refractivity contribution in [2.45, 2.75) is 19.8 Å². The van der Waals surface area contributed by atoms with E-state index in [0.29, 0.717) is 12.1 Å². The van der Waals surface area contributed by atoms with Crippen LogP contribution >= 0.6 is 0 Å². The van der Waals surface area contributed by atoms with Crippen molar-refractivity contribution in [3.8, 4) is 11.1 Å². The number of amides is 1. The van der Waals surface area contributed by atoms with E-state index in [-0.39, 0.29) is 24.5 Å². The average Bonchev–Trinajstić information content (AvgIpc) is 2.64. The maximum absolute atomic E-state index is 12.2. The first-order valence-corrected chi connectivity index (χ1v) is 8.37. The summed E-state index contributed by atoms with van der Waals surface area (Å²) in [6.45, 7) is 4.24. The van der Waals surface area contributed by atoms with E-state index in [1.165, 1.54) is 0 Å². The number of ketones is 1. The fourth-order valence-electron chi connectivity index (χ4n) is 2.41. The second-order valence-corrected chi connectivity index (χ2v) is 5.57. The molecule has 0 radical (unpaired) electrons.